The Labute approximate surface area is 130 Å². The fourth-order valence-corrected chi connectivity index (χ4v) is 3.53. The van der Waals surface area contributed by atoms with Gasteiger partial charge in [0.2, 0.25) is 0 Å². The summed E-state index contributed by atoms with van der Waals surface area (Å²) in [6.07, 6.45) is 5.11. The van der Waals surface area contributed by atoms with Crippen LogP contribution in [-0.4, -0.2) is 7.11 Å². The number of rotatable bonds is 3. The van der Waals surface area contributed by atoms with Gasteiger partial charge >= 0.3 is 0 Å². The quantitative estimate of drug-likeness (QED) is 0.768. The largest absolute Gasteiger partial charge is 0.496 e. The summed E-state index contributed by atoms with van der Waals surface area (Å²) in [6.45, 7) is 4.61. The van der Waals surface area contributed by atoms with Crippen molar-refractivity contribution >= 4 is 15.9 Å². The molecule has 1 aliphatic carbocycles. The zero-order valence-corrected chi connectivity index (χ0v) is 14.1. The third kappa shape index (κ3) is 3.35. The Morgan fingerprint density at radius 2 is 1.90 bits per heavy atom. The number of benzene rings is 1. The van der Waals surface area contributed by atoms with Crippen molar-refractivity contribution in [2.24, 2.45) is 10.8 Å². The number of ether oxygens (including phenoxy) is 1. The van der Waals surface area contributed by atoms with Crippen LogP contribution in [0.5, 0.6) is 5.75 Å². The van der Waals surface area contributed by atoms with E-state index in [1.165, 1.54) is 5.56 Å². The summed E-state index contributed by atoms with van der Waals surface area (Å²) in [7, 11) is 1.67. The van der Waals surface area contributed by atoms with E-state index in [1.54, 1.807) is 7.11 Å². The zero-order valence-electron chi connectivity index (χ0n) is 12.5. The van der Waals surface area contributed by atoms with Gasteiger partial charge in [-0.3, -0.25) is 0 Å². The Balaban J connectivity index is 2.15. The minimum Gasteiger partial charge on any atom is -0.496 e. The van der Waals surface area contributed by atoms with Crippen LogP contribution in [0.2, 0.25) is 0 Å². The molecule has 0 heterocycles. The molecule has 0 spiro atoms. The van der Waals surface area contributed by atoms with Crippen LogP contribution in [-0.2, 0) is 6.42 Å². The van der Waals surface area contributed by atoms with Gasteiger partial charge in [0, 0.05) is 0 Å². The van der Waals surface area contributed by atoms with E-state index in [-0.39, 0.29) is 5.41 Å². The molecule has 20 heavy (non-hydrogen) atoms. The Hall–Kier alpha value is -1.01. The molecule has 0 N–H and O–H groups in total. The van der Waals surface area contributed by atoms with Crippen LogP contribution in [0.4, 0.5) is 0 Å². The van der Waals surface area contributed by atoms with Crippen LogP contribution in [0.3, 0.4) is 0 Å². The van der Waals surface area contributed by atoms with Crippen molar-refractivity contribution in [2.45, 2.75) is 46.0 Å². The predicted octanol–water partition coefficient (Wildman–Crippen LogP) is 5.11. The molecular weight excluding hydrogens is 314 g/mol. The highest BCUT2D eigenvalue weighted by Crippen LogP contribution is 2.46. The lowest BCUT2D eigenvalue weighted by atomic mass is 9.64. The first-order valence-corrected chi connectivity index (χ1v) is 7.93. The zero-order chi connectivity index (χ0) is 14.8. The Kier molecular flexibility index (Phi) is 4.44. The molecule has 1 aliphatic rings. The van der Waals surface area contributed by atoms with Gasteiger partial charge in [0.15, 0.2) is 0 Å². The second kappa shape index (κ2) is 5.77. The van der Waals surface area contributed by atoms with E-state index in [9.17, 15) is 5.26 Å². The molecule has 2 rings (SSSR count). The fraction of sp³-hybridized carbons (Fsp3) is 0.588. The molecule has 1 fully saturated rings. The Morgan fingerprint density at radius 1 is 1.25 bits per heavy atom. The first kappa shape index (κ1) is 15.4. The van der Waals surface area contributed by atoms with Crippen LogP contribution in [0, 0.1) is 22.2 Å². The first-order valence-electron chi connectivity index (χ1n) is 7.13. The number of hydrogen-bond acceptors (Lipinski definition) is 2. The van der Waals surface area contributed by atoms with Gasteiger partial charge in [0.25, 0.3) is 0 Å². The van der Waals surface area contributed by atoms with Crippen LogP contribution in [0.25, 0.3) is 0 Å². The third-order valence-corrected chi connectivity index (χ3v) is 5.18. The van der Waals surface area contributed by atoms with Gasteiger partial charge in [0.1, 0.15) is 5.75 Å². The summed E-state index contributed by atoms with van der Waals surface area (Å²) >= 11 is 3.52. The lowest BCUT2D eigenvalue weighted by molar-refractivity contribution is 0.146. The van der Waals surface area contributed by atoms with Crippen LogP contribution in [0.1, 0.15) is 45.1 Å². The monoisotopic (exact) mass is 335 g/mol. The summed E-state index contributed by atoms with van der Waals surface area (Å²) in [4.78, 5) is 0. The fourth-order valence-electron chi connectivity index (χ4n) is 2.94. The minimum absolute atomic E-state index is 0.191. The van der Waals surface area contributed by atoms with Crippen LogP contribution < -0.4 is 4.74 Å². The summed E-state index contributed by atoms with van der Waals surface area (Å²) in [5, 5.41) is 9.66. The molecule has 108 valence electrons. The van der Waals surface area contributed by atoms with E-state index < -0.39 is 0 Å². The molecule has 0 aromatic heterocycles. The summed E-state index contributed by atoms with van der Waals surface area (Å²) in [5.41, 5.74) is 1.41. The molecule has 2 nitrogen and oxygen atoms in total. The van der Waals surface area contributed by atoms with Gasteiger partial charge in [-0.2, -0.15) is 5.26 Å². The van der Waals surface area contributed by atoms with Gasteiger partial charge < -0.3 is 4.74 Å². The molecular formula is C17H22BrNO. The van der Waals surface area contributed by atoms with E-state index in [2.05, 4.69) is 48.0 Å². The van der Waals surface area contributed by atoms with E-state index in [1.807, 2.05) is 6.07 Å². The van der Waals surface area contributed by atoms with Crippen molar-refractivity contribution in [1.29, 1.82) is 5.26 Å². The van der Waals surface area contributed by atoms with Crippen LogP contribution >= 0.6 is 15.9 Å². The first-order chi connectivity index (χ1) is 9.40. The lowest BCUT2D eigenvalue weighted by Gasteiger charge is -2.39. The highest BCUT2D eigenvalue weighted by atomic mass is 79.9. The van der Waals surface area contributed by atoms with Crippen molar-refractivity contribution in [2.75, 3.05) is 7.11 Å². The molecule has 0 aliphatic heterocycles. The van der Waals surface area contributed by atoms with Crippen LogP contribution in [0.15, 0.2) is 22.7 Å². The molecule has 3 heteroatoms. The van der Waals surface area contributed by atoms with Crippen molar-refractivity contribution in [3.63, 3.8) is 0 Å². The van der Waals surface area contributed by atoms with Gasteiger partial charge in [-0.15, -0.1) is 0 Å². The predicted molar refractivity (Wildman–Crippen MR) is 84.7 cm³/mol. The Morgan fingerprint density at radius 3 is 2.40 bits per heavy atom. The van der Waals surface area contributed by atoms with Gasteiger partial charge in [-0.1, -0.05) is 19.9 Å². The van der Waals surface area contributed by atoms with Gasteiger partial charge in [0.05, 0.1) is 23.1 Å². The number of hydrogen-bond donors (Lipinski definition) is 0. The molecule has 0 bridgehead atoms. The summed E-state index contributed by atoms with van der Waals surface area (Å²) in [6, 6.07) is 8.73. The van der Waals surface area contributed by atoms with E-state index in [4.69, 9.17) is 4.74 Å². The normalized spacial score (nSPS) is 20.1. The molecule has 1 aromatic rings. The third-order valence-electron chi connectivity index (χ3n) is 4.56. The second-order valence-electron chi connectivity index (χ2n) is 6.70. The number of methoxy groups -OCH3 is 1. The molecule has 0 unspecified atom stereocenters. The molecule has 0 radical (unpaired) electrons. The van der Waals surface area contributed by atoms with Gasteiger partial charge in [-0.05, 0) is 71.1 Å². The molecule has 0 saturated heterocycles. The van der Waals surface area contributed by atoms with E-state index in [0.717, 1.165) is 42.3 Å². The van der Waals surface area contributed by atoms with E-state index >= 15 is 0 Å². The van der Waals surface area contributed by atoms with Crippen molar-refractivity contribution in [3.05, 3.63) is 28.2 Å². The maximum atomic E-state index is 9.66. The van der Waals surface area contributed by atoms with Crippen molar-refractivity contribution in [1.82, 2.24) is 0 Å². The lowest BCUT2D eigenvalue weighted by Crippen LogP contribution is -2.31. The smallest absolute Gasteiger partial charge is 0.133 e. The highest BCUT2D eigenvalue weighted by Gasteiger charge is 2.38. The average molecular weight is 336 g/mol. The Bertz CT molecular complexity index is 520. The highest BCUT2D eigenvalue weighted by molar-refractivity contribution is 9.10. The minimum atomic E-state index is -0.191. The van der Waals surface area contributed by atoms with Crippen molar-refractivity contribution < 1.29 is 4.74 Å². The molecule has 1 saturated carbocycles. The summed E-state index contributed by atoms with van der Waals surface area (Å²) < 4.78 is 6.22. The summed E-state index contributed by atoms with van der Waals surface area (Å²) in [5.74, 6) is 0.838. The van der Waals surface area contributed by atoms with E-state index in [0.29, 0.717) is 5.41 Å². The number of halogens is 1. The molecule has 0 amide bonds. The van der Waals surface area contributed by atoms with Gasteiger partial charge in [-0.25, -0.2) is 0 Å². The second-order valence-corrected chi connectivity index (χ2v) is 7.56. The average Bonchev–Trinajstić information content (AvgIpc) is 2.42. The maximum absolute atomic E-state index is 9.66. The van der Waals surface area contributed by atoms with Crippen molar-refractivity contribution in [3.8, 4) is 11.8 Å². The maximum Gasteiger partial charge on any atom is 0.133 e. The number of nitriles is 1. The molecule has 0 atom stereocenters. The number of nitrogens with zero attached hydrogens (tertiary/aromatic N) is 1. The topological polar surface area (TPSA) is 33.0 Å². The molecule has 1 aromatic carbocycles. The standard InChI is InChI=1S/C17H22BrNO/c1-16(2)6-8-17(12-19,9-7-16)11-13-4-5-15(20-3)14(18)10-13/h4-5,10H,6-9,11H2,1-3H3. The SMILES string of the molecule is COc1ccc(CC2(C#N)CCC(C)(C)CC2)cc1Br.